The third-order valence-electron chi connectivity index (χ3n) is 17.2. The maximum absolute atomic E-state index is 7.18. The van der Waals surface area contributed by atoms with Gasteiger partial charge in [-0.1, -0.05) is 216 Å². The molecule has 12 rings (SSSR count). The largest absolute Gasteiger partial charge is 0.457 e. The van der Waals surface area contributed by atoms with Crippen molar-refractivity contribution in [3.63, 3.8) is 0 Å². The highest BCUT2D eigenvalue weighted by Gasteiger charge is 2.35. The third-order valence-corrected chi connectivity index (χ3v) is 17.2. The van der Waals surface area contributed by atoms with Crippen molar-refractivity contribution in [3.05, 3.63) is 264 Å². The number of aromatic nitrogens is 2. The molecular weight excluding hydrogens is 985 g/mol. The molecule has 0 spiro atoms. The first-order chi connectivity index (χ1) is 38.9. The van der Waals surface area contributed by atoms with Crippen LogP contribution in [0, 0.1) is 0 Å². The first kappa shape index (κ1) is 53.0. The van der Waals surface area contributed by atoms with Gasteiger partial charge in [0.15, 0.2) is 0 Å². The van der Waals surface area contributed by atoms with E-state index in [0.717, 1.165) is 67.6 Å². The van der Waals surface area contributed by atoms with Gasteiger partial charge in [-0.25, -0.2) is 4.98 Å². The van der Waals surface area contributed by atoms with Gasteiger partial charge in [-0.2, -0.15) is 0 Å². The average molecular weight is 1060 g/mol. The van der Waals surface area contributed by atoms with Crippen LogP contribution < -0.4 is 14.5 Å². The van der Waals surface area contributed by atoms with E-state index < -0.39 is 0 Å². The first-order valence-corrected chi connectivity index (χ1v) is 28.9. The van der Waals surface area contributed by atoms with Crippen LogP contribution in [0.2, 0.25) is 0 Å². The number of pyridine rings is 1. The summed E-state index contributed by atoms with van der Waals surface area (Å²) in [4.78, 5) is 10.0. The minimum absolute atomic E-state index is 0.0383. The van der Waals surface area contributed by atoms with Crippen molar-refractivity contribution in [3.8, 4) is 39.6 Å². The summed E-state index contributed by atoms with van der Waals surface area (Å²) < 4.78 is 9.46. The molecule has 3 heterocycles. The van der Waals surface area contributed by atoms with Crippen molar-refractivity contribution in [1.29, 1.82) is 0 Å². The highest BCUT2D eigenvalue weighted by molar-refractivity contribution is 6.09. The van der Waals surface area contributed by atoms with Crippen molar-refractivity contribution in [1.82, 2.24) is 9.55 Å². The van der Waals surface area contributed by atoms with Gasteiger partial charge in [0.2, 0.25) is 0 Å². The van der Waals surface area contributed by atoms with E-state index in [9.17, 15) is 0 Å². The highest BCUT2D eigenvalue weighted by Crippen LogP contribution is 2.51. The lowest BCUT2D eigenvalue weighted by Crippen LogP contribution is -2.27. The number of nitrogens with zero attached hydrogens (tertiary/aromatic N) is 4. The van der Waals surface area contributed by atoms with Gasteiger partial charge in [0.05, 0.1) is 22.4 Å². The summed E-state index contributed by atoms with van der Waals surface area (Å²) in [5.74, 6) is 3.08. The Kier molecular flexibility index (Phi) is 13.6. The Bertz CT molecular complexity index is 4010. The second-order valence-electron chi connectivity index (χ2n) is 24.9. The van der Waals surface area contributed by atoms with Gasteiger partial charge in [-0.3, -0.25) is 4.57 Å². The molecule has 11 aromatic rings. The van der Waals surface area contributed by atoms with Gasteiger partial charge in [-0.15, -0.1) is 0 Å². The Hall–Kier alpha value is -8.67. The first-order valence-electron chi connectivity index (χ1n) is 28.9. The molecule has 0 unspecified atom stereocenters. The Morgan fingerprint density at radius 2 is 0.988 bits per heavy atom. The second-order valence-corrected chi connectivity index (χ2v) is 24.9. The number of anilines is 4. The number of para-hydroxylation sites is 1. The van der Waals surface area contributed by atoms with E-state index in [1.54, 1.807) is 0 Å². The summed E-state index contributed by atoms with van der Waals surface area (Å²) in [6.45, 7) is 26.1. The van der Waals surface area contributed by atoms with E-state index in [4.69, 9.17) is 9.72 Å². The molecular formula is C76H74N4O. The fourth-order valence-corrected chi connectivity index (χ4v) is 12.3. The summed E-state index contributed by atoms with van der Waals surface area (Å²) in [6.07, 6.45) is 1.94. The number of hydrogen-bond acceptors (Lipinski definition) is 4. The fourth-order valence-electron chi connectivity index (χ4n) is 12.3. The van der Waals surface area contributed by atoms with E-state index in [-0.39, 0.29) is 16.2 Å². The predicted octanol–water partition coefficient (Wildman–Crippen LogP) is 20.7. The average Bonchev–Trinajstić information content (AvgIpc) is 4.25. The summed E-state index contributed by atoms with van der Waals surface area (Å²) >= 11 is 0. The second kappa shape index (κ2) is 20.8. The van der Waals surface area contributed by atoms with E-state index in [1.807, 2.05) is 6.20 Å². The molecule has 0 N–H and O–H groups in total. The lowest BCUT2D eigenvalue weighted by molar-refractivity contribution is 0.483. The smallest absolute Gasteiger partial charge is 0.137 e. The number of ether oxygens (including phenoxy) is 1. The van der Waals surface area contributed by atoms with Crippen molar-refractivity contribution in [2.75, 3.05) is 16.5 Å². The third kappa shape index (κ3) is 9.88. The zero-order chi connectivity index (χ0) is 56.4. The van der Waals surface area contributed by atoms with Crippen LogP contribution in [0.15, 0.2) is 225 Å². The van der Waals surface area contributed by atoms with Crippen LogP contribution in [0.25, 0.3) is 49.9 Å². The molecule has 0 fully saturated rings. The maximum Gasteiger partial charge on any atom is 0.137 e. The SMILES string of the molecule is CC(C)c1cccc(C(C)C)c1-c1ccc2c(c1)N(c1cc(C(C)(C)c3ccccc3)cc(C(C)(C)c3ccccc3)c1)CN2c1cc(Oc2ccc3c4ccccc4n(-c4cc(C(C)(C)C)ccn4)c3c2)cc(-c2ccccc2)c1. The van der Waals surface area contributed by atoms with Crippen molar-refractivity contribution >= 4 is 44.6 Å². The Labute approximate surface area is 480 Å². The quantitative estimate of drug-likeness (QED) is 0.115. The Balaban J connectivity index is 1.04. The van der Waals surface area contributed by atoms with Crippen LogP contribution in [0.5, 0.6) is 11.5 Å². The van der Waals surface area contributed by atoms with Crippen molar-refractivity contribution < 1.29 is 4.74 Å². The minimum Gasteiger partial charge on any atom is -0.457 e. The summed E-state index contributed by atoms with van der Waals surface area (Å²) in [5, 5.41) is 2.32. The molecule has 0 radical (unpaired) electrons. The summed E-state index contributed by atoms with van der Waals surface area (Å²) in [5.41, 5.74) is 19.8. The van der Waals surface area contributed by atoms with Gasteiger partial charge in [0, 0.05) is 51.3 Å². The molecule has 5 heteroatoms. The molecule has 0 amide bonds. The monoisotopic (exact) mass is 1060 g/mol. The zero-order valence-corrected chi connectivity index (χ0v) is 48.9. The van der Waals surface area contributed by atoms with Crippen molar-refractivity contribution in [2.24, 2.45) is 0 Å². The van der Waals surface area contributed by atoms with E-state index >= 15 is 0 Å². The number of fused-ring (bicyclic) bond motifs is 4. The zero-order valence-electron chi connectivity index (χ0n) is 48.9. The normalized spacial score (nSPS) is 13.0. The van der Waals surface area contributed by atoms with Crippen LogP contribution in [-0.2, 0) is 16.2 Å². The van der Waals surface area contributed by atoms with Crippen LogP contribution in [-0.4, -0.2) is 16.2 Å². The number of hydrogen-bond donors (Lipinski definition) is 0. The molecule has 9 aromatic carbocycles. The maximum atomic E-state index is 7.18. The van der Waals surface area contributed by atoms with Gasteiger partial charge < -0.3 is 14.5 Å². The number of rotatable bonds is 13. The topological polar surface area (TPSA) is 33.5 Å². The molecule has 1 aliphatic rings. The molecule has 81 heavy (non-hydrogen) atoms. The van der Waals surface area contributed by atoms with Crippen LogP contribution in [0.1, 0.15) is 127 Å². The van der Waals surface area contributed by atoms with Gasteiger partial charge in [-0.05, 0) is 145 Å². The molecule has 0 atom stereocenters. The van der Waals surface area contributed by atoms with Crippen LogP contribution in [0.4, 0.5) is 22.7 Å². The lowest BCUT2D eigenvalue weighted by Gasteiger charge is -2.33. The van der Waals surface area contributed by atoms with Crippen LogP contribution >= 0.6 is 0 Å². The molecule has 0 saturated carbocycles. The van der Waals surface area contributed by atoms with E-state index in [0.29, 0.717) is 18.5 Å². The minimum atomic E-state index is -0.300. The highest BCUT2D eigenvalue weighted by atomic mass is 16.5. The van der Waals surface area contributed by atoms with Gasteiger partial charge in [0.1, 0.15) is 24.0 Å². The molecule has 0 bridgehead atoms. The Morgan fingerprint density at radius 1 is 0.407 bits per heavy atom. The predicted molar refractivity (Wildman–Crippen MR) is 342 cm³/mol. The van der Waals surface area contributed by atoms with Gasteiger partial charge >= 0.3 is 0 Å². The standard InChI is InChI=1S/C76H74N4O/c1-50(2)64-31-23-32-65(51(3)4)73(64)53-34-37-69-71(42-53)79(61-44-58(75(8,9)55-26-17-13-18-27-55)43-59(45-61)76(10,11)56-28-19-14-20-29-56)49-78(69)60-40-54(52-24-15-12-16-25-52)41-63(47-60)81-62-35-36-67-66-30-21-22-33-68(66)80(70(67)48-62)72-46-57(38-39-77-72)74(5,6)7/h12-48,50-51H,49H2,1-11H3. The Morgan fingerprint density at radius 3 is 1.62 bits per heavy atom. The van der Waals surface area contributed by atoms with Gasteiger partial charge in [0.25, 0.3) is 0 Å². The van der Waals surface area contributed by atoms with E-state index in [2.05, 4.69) is 309 Å². The number of benzene rings is 9. The van der Waals surface area contributed by atoms with Crippen molar-refractivity contribution in [2.45, 2.75) is 104 Å². The van der Waals surface area contributed by atoms with E-state index in [1.165, 1.54) is 55.5 Å². The molecule has 5 nitrogen and oxygen atoms in total. The molecule has 1 aliphatic heterocycles. The fraction of sp³-hybridized carbons (Fsp3) is 0.224. The van der Waals surface area contributed by atoms with Crippen LogP contribution in [0.3, 0.4) is 0 Å². The molecule has 0 aliphatic carbocycles. The lowest BCUT2D eigenvalue weighted by atomic mass is 9.73. The molecule has 0 saturated heterocycles. The molecule has 404 valence electrons. The summed E-state index contributed by atoms with van der Waals surface area (Å²) in [6, 6.07) is 80.4. The summed E-state index contributed by atoms with van der Waals surface area (Å²) in [7, 11) is 0. The molecule has 2 aromatic heterocycles.